The molecule has 2 aliphatic rings. The molecule has 5 heteroatoms. The number of halogens is 1. The summed E-state index contributed by atoms with van der Waals surface area (Å²) in [7, 11) is 0. The Hall–Kier alpha value is 0.350. The van der Waals surface area contributed by atoms with Gasteiger partial charge in [0.15, 0.2) is 5.96 Å². The number of aliphatic imine (C=N–C) groups is 1. The van der Waals surface area contributed by atoms with E-state index >= 15 is 0 Å². The van der Waals surface area contributed by atoms with Gasteiger partial charge in [0.05, 0.1) is 6.54 Å². The molecule has 0 unspecified atom stereocenters. The third kappa shape index (κ3) is 5.19. The second-order valence-corrected chi connectivity index (χ2v) is 8.53. The Morgan fingerprint density at radius 3 is 2.52 bits per heavy atom. The molecule has 0 aromatic carbocycles. The summed E-state index contributed by atoms with van der Waals surface area (Å²) in [6.45, 7) is 11.0. The second kappa shape index (κ2) is 8.27. The number of rotatable bonds is 4. The lowest BCUT2D eigenvalue weighted by atomic mass is 9.86. The molecule has 1 spiro atoms. The smallest absolute Gasteiger partial charge is 0.193 e. The Morgan fingerprint density at radius 1 is 1.29 bits per heavy atom. The molecule has 0 aromatic heterocycles. The molecule has 124 valence electrons. The van der Waals surface area contributed by atoms with Crippen molar-refractivity contribution in [2.45, 2.75) is 57.6 Å². The maximum atomic E-state index is 4.90. The fourth-order valence-corrected chi connectivity index (χ4v) is 3.60. The molecule has 2 rings (SSSR count). The van der Waals surface area contributed by atoms with E-state index in [-0.39, 0.29) is 28.7 Å². The maximum Gasteiger partial charge on any atom is 0.193 e. The molecule has 1 saturated carbocycles. The molecule has 1 aliphatic carbocycles. The predicted molar refractivity (Wildman–Crippen MR) is 106 cm³/mol. The molecule has 1 saturated heterocycles. The number of nitrogens with zero attached hydrogens (tertiary/aromatic N) is 2. The van der Waals surface area contributed by atoms with Crippen molar-refractivity contribution < 1.29 is 0 Å². The lowest BCUT2D eigenvalue weighted by Crippen LogP contribution is -2.41. The van der Waals surface area contributed by atoms with Crippen LogP contribution in [0.5, 0.6) is 0 Å². The van der Waals surface area contributed by atoms with Gasteiger partial charge in [-0.2, -0.15) is 11.8 Å². The van der Waals surface area contributed by atoms with Gasteiger partial charge in [-0.1, -0.05) is 12.8 Å². The van der Waals surface area contributed by atoms with Crippen molar-refractivity contribution in [2.24, 2.45) is 10.4 Å². The average Bonchev–Trinajstić information content (AvgIpc) is 3.06. The highest BCUT2D eigenvalue weighted by Crippen LogP contribution is 2.45. The van der Waals surface area contributed by atoms with E-state index in [0.29, 0.717) is 5.41 Å². The SMILES string of the molecule is CCNC(=NCC(C)(C)SC)N1CCC2(CCCC2)C1.I. The highest BCUT2D eigenvalue weighted by atomic mass is 127. The van der Waals surface area contributed by atoms with Crippen molar-refractivity contribution in [2.75, 3.05) is 32.4 Å². The van der Waals surface area contributed by atoms with Crippen LogP contribution < -0.4 is 5.32 Å². The number of nitrogens with one attached hydrogen (secondary N) is 1. The molecular weight excluding hydrogens is 393 g/mol. The number of thioether (sulfide) groups is 1. The minimum atomic E-state index is 0. The second-order valence-electron chi connectivity index (χ2n) is 7.01. The van der Waals surface area contributed by atoms with Crippen LogP contribution in [0, 0.1) is 5.41 Å². The average molecular weight is 425 g/mol. The third-order valence-corrected chi connectivity index (χ3v) is 6.13. The molecule has 0 atom stereocenters. The molecule has 1 heterocycles. The minimum absolute atomic E-state index is 0. The van der Waals surface area contributed by atoms with Crippen molar-refractivity contribution in [3.05, 3.63) is 0 Å². The Morgan fingerprint density at radius 2 is 1.95 bits per heavy atom. The highest BCUT2D eigenvalue weighted by Gasteiger charge is 2.41. The summed E-state index contributed by atoms with van der Waals surface area (Å²) in [6.07, 6.45) is 9.26. The van der Waals surface area contributed by atoms with Crippen LogP contribution in [-0.4, -0.2) is 48.0 Å². The van der Waals surface area contributed by atoms with Crippen molar-refractivity contribution in [3.63, 3.8) is 0 Å². The summed E-state index contributed by atoms with van der Waals surface area (Å²) in [6, 6.07) is 0. The van der Waals surface area contributed by atoms with Gasteiger partial charge in [-0.15, -0.1) is 24.0 Å². The van der Waals surface area contributed by atoms with Gasteiger partial charge in [0.25, 0.3) is 0 Å². The standard InChI is InChI=1S/C16H31N3S.HI/c1-5-17-14(18-12-15(2,3)20-4)19-11-10-16(13-19)8-6-7-9-16;/h5-13H2,1-4H3,(H,17,18);1H. The van der Waals surface area contributed by atoms with Crippen molar-refractivity contribution in [3.8, 4) is 0 Å². The first kappa shape index (κ1) is 19.4. The van der Waals surface area contributed by atoms with Crippen LogP contribution in [0.2, 0.25) is 0 Å². The quantitative estimate of drug-likeness (QED) is 0.420. The Bertz CT molecular complexity index is 351. The third-order valence-electron chi connectivity index (χ3n) is 4.90. The fraction of sp³-hybridized carbons (Fsp3) is 0.938. The predicted octanol–water partition coefficient (Wildman–Crippen LogP) is 3.98. The van der Waals surface area contributed by atoms with Crippen molar-refractivity contribution in [1.82, 2.24) is 10.2 Å². The topological polar surface area (TPSA) is 27.6 Å². The summed E-state index contributed by atoms with van der Waals surface area (Å²) < 4.78 is 0.228. The molecule has 0 bridgehead atoms. The maximum absolute atomic E-state index is 4.90. The van der Waals surface area contributed by atoms with Crippen LogP contribution in [0.25, 0.3) is 0 Å². The van der Waals surface area contributed by atoms with Gasteiger partial charge in [-0.05, 0) is 51.7 Å². The molecule has 1 N–H and O–H groups in total. The van der Waals surface area contributed by atoms with Crippen LogP contribution in [0.1, 0.15) is 52.9 Å². The molecule has 21 heavy (non-hydrogen) atoms. The number of guanidine groups is 1. The Labute approximate surface area is 152 Å². The summed E-state index contributed by atoms with van der Waals surface area (Å²) >= 11 is 1.90. The van der Waals surface area contributed by atoms with Gasteiger partial charge < -0.3 is 10.2 Å². The van der Waals surface area contributed by atoms with E-state index < -0.39 is 0 Å². The van der Waals surface area contributed by atoms with Gasteiger partial charge in [-0.25, -0.2) is 0 Å². The van der Waals surface area contributed by atoms with Crippen LogP contribution in [-0.2, 0) is 0 Å². The normalized spacial score (nSPS) is 21.7. The molecule has 1 aliphatic heterocycles. The minimum Gasteiger partial charge on any atom is -0.357 e. The largest absolute Gasteiger partial charge is 0.357 e. The molecular formula is C16H32IN3S. The van der Waals surface area contributed by atoms with Gasteiger partial charge in [0.2, 0.25) is 0 Å². The van der Waals surface area contributed by atoms with E-state index in [4.69, 9.17) is 4.99 Å². The first-order chi connectivity index (χ1) is 9.50. The number of likely N-dealkylation sites (tertiary alicyclic amines) is 1. The fourth-order valence-electron chi connectivity index (χ4n) is 3.40. The highest BCUT2D eigenvalue weighted by molar-refractivity contribution is 14.0. The van der Waals surface area contributed by atoms with Crippen LogP contribution in [0.3, 0.4) is 0 Å². The van der Waals surface area contributed by atoms with Crippen LogP contribution in [0.4, 0.5) is 0 Å². The molecule has 0 radical (unpaired) electrons. The van der Waals surface area contributed by atoms with E-state index in [1.165, 1.54) is 45.2 Å². The monoisotopic (exact) mass is 425 g/mol. The summed E-state index contributed by atoms with van der Waals surface area (Å²) in [5, 5.41) is 3.49. The lowest BCUT2D eigenvalue weighted by molar-refractivity contribution is 0.309. The van der Waals surface area contributed by atoms with Gasteiger partial charge in [-0.3, -0.25) is 4.99 Å². The zero-order valence-corrected chi connectivity index (χ0v) is 17.2. The Kier molecular flexibility index (Phi) is 7.64. The van der Waals surface area contributed by atoms with E-state index in [9.17, 15) is 0 Å². The van der Waals surface area contributed by atoms with Gasteiger partial charge in [0, 0.05) is 24.4 Å². The molecule has 2 fully saturated rings. The van der Waals surface area contributed by atoms with Crippen molar-refractivity contribution in [1.29, 1.82) is 0 Å². The zero-order chi connectivity index (χ0) is 14.6. The van der Waals surface area contributed by atoms with E-state index in [1.54, 1.807) is 0 Å². The number of hydrogen-bond donors (Lipinski definition) is 1. The van der Waals surface area contributed by atoms with E-state index in [2.05, 4.69) is 37.2 Å². The van der Waals surface area contributed by atoms with Crippen molar-refractivity contribution >= 4 is 41.7 Å². The molecule has 0 amide bonds. The van der Waals surface area contributed by atoms with E-state index in [0.717, 1.165) is 19.0 Å². The summed E-state index contributed by atoms with van der Waals surface area (Å²) in [5.74, 6) is 1.14. The van der Waals surface area contributed by atoms with Gasteiger partial charge in [0.1, 0.15) is 0 Å². The summed E-state index contributed by atoms with van der Waals surface area (Å²) in [4.78, 5) is 7.41. The Balaban J connectivity index is 0.00000220. The van der Waals surface area contributed by atoms with Crippen LogP contribution >= 0.6 is 35.7 Å². The first-order valence-electron chi connectivity index (χ1n) is 8.09. The molecule has 3 nitrogen and oxygen atoms in total. The lowest BCUT2D eigenvalue weighted by Gasteiger charge is -2.27. The summed E-state index contributed by atoms with van der Waals surface area (Å²) in [5.41, 5.74) is 0.616. The van der Waals surface area contributed by atoms with E-state index in [1.807, 2.05) is 11.8 Å². The first-order valence-corrected chi connectivity index (χ1v) is 9.31. The van der Waals surface area contributed by atoms with Gasteiger partial charge >= 0.3 is 0 Å². The molecule has 0 aromatic rings. The number of hydrogen-bond acceptors (Lipinski definition) is 2. The van der Waals surface area contributed by atoms with Crippen LogP contribution in [0.15, 0.2) is 4.99 Å². The zero-order valence-electron chi connectivity index (χ0n) is 14.1.